The molecule has 0 bridgehead atoms. The van der Waals surface area contributed by atoms with Gasteiger partial charge < -0.3 is 4.57 Å². The predicted octanol–water partition coefficient (Wildman–Crippen LogP) is 3.64. The summed E-state index contributed by atoms with van der Waals surface area (Å²) in [5.41, 5.74) is 4.67. The van der Waals surface area contributed by atoms with Crippen LogP contribution in [0.1, 0.15) is 0 Å². The average Bonchev–Trinajstić information content (AvgIpc) is 3.38. The molecule has 6 heteroatoms. The summed E-state index contributed by atoms with van der Waals surface area (Å²) >= 11 is 0. The molecule has 0 unspecified atom stereocenters. The zero-order valence-electron chi connectivity index (χ0n) is 13.8. The van der Waals surface area contributed by atoms with Crippen LogP contribution in [0, 0.1) is 0 Å². The third-order valence-corrected chi connectivity index (χ3v) is 4.26. The fourth-order valence-corrected chi connectivity index (χ4v) is 2.93. The minimum absolute atomic E-state index is 0.725. The molecule has 26 heavy (non-hydrogen) atoms. The summed E-state index contributed by atoms with van der Waals surface area (Å²) in [6, 6.07) is 22.1. The van der Waals surface area contributed by atoms with Gasteiger partial charge in [0, 0.05) is 29.2 Å². The van der Waals surface area contributed by atoms with Gasteiger partial charge in [-0.05, 0) is 24.3 Å². The van der Waals surface area contributed by atoms with Gasteiger partial charge in [-0.2, -0.15) is 9.61 Å². The van der Waals surface area contributed by atoms with Crippen LogP contribution in [-0.4, -0.2) is 29.4 Å². The van der Waals surface area contributed by atoms with Crippen LogP contribution in [0.25, 0.3) is 34.0 Å². The van der Waals surface area contributed by atoms with Crippen molar-refractivity contribution in [1.82, 2.24) is 29.4 Å². The highest BCUT2D eigenvalue weighted by Crippen LogP contribution is 2.22. The topological polar surface area (TPSA) is 60.9 Å². The molecule has 124 valence electrons. The first-order valence-corrected chi connectivity index (χ1v) is 8.25. The molecular formula is C20H14N6. The minimum Gasteiger partial charge on any atom is -0.306 e. The Bertz CT molecular complexity index is 1160. The number of fused-ring (bicyclic) bond motifs is 1. The second kappa shape index (κ2) is 5.93. The van der Waals surface area contributed by atoms with E-state index >= 15 is 0 Å². The molecular weight excluding hydrogens is 324 g/mol. The molecule has 0 fully saturated rings. The highest BCUT2D eigenvalue weighted by atomic mass is 15.4. The summed E-state index contributed by atoms with van der Waals surface area (Å²) in [5.74, 6) is 0.734. The fraction of sp³-hybridized carbons (Fsp3) is 0. The van der Waals surface area contributed by atoms with E-state index in [9.17, 15) is 0 Å². The third-order valence-electron chi connectivity index (χ3n) is 4.26. The summed E-state index contributed by atoms with van der Waals surface area (Å²) in [5, 5.41) is 13.3. The first kappa shape index (κ1) is 14.5. The Labute approximate surface area is 149 Å². The summed E-state index contributed by atoms with van der Waals surface area (Å²) in [6.45, 7) is 0. The van der Waals surface area contributed by atoms with E-state index in [1.54, 1.807) is 17.0 Å². The largest absolute Gasteiger partial charge is 0.306 e. The van der Waals surface area contributed by atoms with Crippen LogP contribution in [0.2, 0.25) is 0 Å². The normalized spacial score (nSPS) is 11.1. The summed E-state index contributed by atoms with van der Waals surface area (Å²) in [6.07, 6.45) is 5.46. The molecule has 0 aliphatic heterocycles. The quantitative estimate of drug-likeness (QED) is 0.504. The number of hydrogen-bond donors (Lipinski definition) is 0. The van der Waals surface area contributed by atoms with Crippen molar-refractivity contribution in [2.75, 3.05) is 0 Å². The van der Waals surface area contributed by atoms with Crippen molar-refractivity contribution >= 4 is 5.65 Å². The van der Waals surface area contributed by atoms with E-state index in [2.05, 4.69) is 27.3 Å². The lowest BCUT2D eigenvalue weighted by Crippen LogP contribution is -1.97. The first-order valence-electron chi connectivity index (χ1n) is 8.25. The molecule has 0 amide bonds. The molecule has 0 radical (unpaired) electrons. The highest BCUT2D eigenvalue weighted by molar-refractivity contribution is 5.64. The zero-order valence-corrected chi connectivity index (χ0v) is 13.8. The molecule has 0 aliphatic carbocycles. The van der Waals surface area contributed by atoms with Crippen LogP contribution < -0.4 is 0 Å². The van der Waals surface area contributed by atoms with Gasteiger partial charge in [0.25, 0.3) is 0 Å². The van der Waals surface area contributed by atoms with Crippen molar-refractivity contribution in [3.63, 3.8) is 0 Å². The van der Waals surface area contributed by atoms with Crippen molar-refractivity contribution < 1.29 is 0 Å². The molecule has 0 N–H and O–H groups in total. The van der Waals surface area contributed by atoms with Gasteiger partial charge in [-0.15, -0.1) is 10.2 Å². The monoisotopic (exact) mass is 338 g/mol. The Morgan fingerprint density at radius 2 is 1.58 bits per heavy atom. The lowest BCUT2D eigenvalue weighted by atomic mass is 10.1. The van der Waals surface area contributed by atoms with Crippen molar-refractivity contribution in [2.45, 2.75) is 0 Å². The molecule has 3 aromatic heterocycles. The summed E-state index contributed by atoms with van der Waals surface area (Å²) in [7, 11) is 0. The second-order valence-electron chi connectivity index (χ2n) is 5.90. The standard InChI is InChI=1S/C20H14N6/c1-2-4-16(5-3-1)20-23-22-19-11-10-18(24-26(19)20)15-6-8-17(9-7-15)25-13-12-21-14-25/h1-14H. The predicted molar refractivity (Wildman–Crippen MR) is 98.8 cm³/mol. The Balaban J connectivity index is 1.57. The number of hydrogen-bond acceptors (Lipinski definition) is 4. The van der Waals surface area contributed by atoms with Gasteiger partial charge in [0.05, 0.1) is 12.0 Å². The lowest BCUT2D eigenvalue weighted by Gasteiger charge is -2.06. The van der Waals surface area contributed by atoms with Gasteiger partial charge in [-0.1, -0.05) is 42.5 Å². The number of rotatable bonds is 3. The van der Waals surface area contributed by atoms with Crippen molar-refractivity contribution in [3.05, 3.63) is 85.5 Å². The van der Waals surface area contributed by atoms with Crippen molar-refractivity contribution in [2.24, 2.45) is 0 Å². The van der Waals surface area contributed by atoms with Gasteiger partial charge in [-0.3, -0.25) is 0 Å². The second-order valence-corrected chi connectivity index (χ2v) is 5.90. The zero-order chi connectivity index (χ0) is 17.3. The molecule has 5 rings (SSSR count). The third kappa shape index (κ3) is 2.44. The van der Waals surface area contributed by atoms with Crippen LogP contribution in [0.15, 0.2) is 85.5 Å². The van der Waals surface area contributed by atoms with E-state index in [4.69, 9.17) is 5.10 Å². The van der Waals surface area contributed by atoms with Crippen LogP contribution in [-0.2, 0) is 0 Å². The van der Waals surface area contributed by atoms with E-state index in [0.717, 1.165) is 34.0 Å². The molecule has 2 aromatic carbocycles. The lowest BCUT2D eigenvalue weighted by molar-refractivity contribution is 0.941. The number of aromatic nitrogens is 6. The molecule has 0 aliphatic rings. The maximum Gasteiger partial charge on any atom is 0.185 e. The van der Waals surface area contributed by atoms with Gasteiger partial charge >= 0.3 is 0 Å². The molecule has 3 heterocycles. The first-order chi connectivity index (χ1) is 12.9. The van der Waals surface area contributed by atoms with Gasteiger partial charge in [0.2, 0.25) is 0 Å². The van der Waals surface area contributed by atoms with E-state index in [-0.39, 0.29) is 0 Å². The minimum atomic E-state index is 0.725. The Kier molecular flexibility index (Phi) is 3.31. The van der Waals surface area contributed by atoms with Gasteiger partial charge in [0.1, 0.15) is 0 Å². The van der Waals surface area contributed by atoms with E-state index < -0.39 is 0 Å². The smallest absolute Gasteiger partial charge is 0.185 e. The Morgan fingerprint density at radius 3 is 2.35 bits per heavy atom. The molecule has 0 spiro atoms. The molecule has 0 saturated heterocycles. The maximum absolute atomic E-state index is 4.75. The van der Waals surface area contributed by atoms with Crippen LogP contribution in [0.3, 0.4) is 0 Å². The number of nitrogens with zero attached hydrogens (tertiary/aromatic N) is 6. The van der Waals surface area contributed by atoms with E-state index in [0.29, 0.717) is 0 Å². The fourth-order valence-electron chi connectivity index (χ4n) is 2.93. The van der Waals surface area contributed by atoms with Crippen molar-refractivity contribution in [1.29, 1.82) is 0 Å². The molecule has 5 aromatic rings. The van der Waals surface area contributed by atoms with Gasteiger partial charge in [-0.25, -0.2) is 4.98 Å². The van der Waals surface area contributed by atoms with Gasteiger partial charge in [0.15, 0.2) is 11.5 Å². The number of benzene rings is 2. The number of imidazole rings is 1. The SMILES string of the molecule is c1ccc(-c2nnc3ccc(-c4ccc(-n5ccnc5)cc4)nn23)cc1. The van der Waals surface area contributed by atoms with E-state index in [1.165, 1.54) is 0 Å². The molecule has 6 nitrogen and oxygen atoms in total. The van der Waals surface area contributed by atoms with E-state index in [1.807, 2.05) is 65.4 Å². The Morgan fingerprint density at radius 1 is 0.731 bits per heavy atom. The summed E-state index contributed by atoms with van der Waals surface area (Å²) in [4.78, 5) is 4.08. The molecule has 0 atom stereocenters. The van der Waals surface area contributed by atoms with Crippen LogP contribution >= 0.6 is 0 Å². The maximum atomic E-state index is 4.75. The summed E-state index contributed by atoms with van der Waals surface area (Å²) < 4.78 is 3.75. The van der Waals surface area contributed by atoms with Crippen LogP contribution in [0.5, 0.6) is 0 Å². The highest BCUT2D eigenvalue weighted by Gasteiger charge is 2.10. The average molecular weight is 338 g/mol. The Hall–Kier alpha value is -3.80. The molecule has 0 saturated carbocycles. The van der Waals surface area contributed by atoms with Crippen molar-refractivity contribution in [3.8, 4) is 28.3 Å². The van der Waals surface area contributed by atoms with Crippen LogP contribution in [0.4, 0.5) is 0 Å².